The number of para-hydroxylation sites is 1. The van der Waals surface area contributed by atoms with E-state index in [0.29, 0.717) is 6.54 Å². The van der Waals surface area contributed by atoms with E-state index in [1.54, 1.807) is 11.8 Å². The Morgan fingerprint density at radius 1 is 1.00 bits per heavy atom. The number of anilines is 1. The molecule has 1 heterocycles. The van der Waals surface area contributed by atoms with Gasteiger partial charge in [-0.15, -0.1) is 0 Å². The number of benzene rings is 3. The first-order valence-corrected chi connectivity index (χ1v) is 10.3. The monoisotopic (exact) mass is 407 g/mol. The summed E-state index contributed by atoms with van der Waals surface area (Å²) in [5, 5.41) is 3.06. The van der Waals surface area contributed by atoms with Crippen molar-refractivity contribution in [3.8, 4) is 11.5 Å². The van der Waals surface area contributed by atoms with Gasteiger partial charge in [0.25, 0.3) is 5.91 Å². The molecular weight excluding hydrogens is 384 g/mol. The highest BCUT2D eigenvalue weighted by molar-refractivity contribution is 7.99. The number of amides is 1. The van der Waals surface area contributed by atoms with Gasteiger partial charge in [0.2, 0.25) is 6.79 Å². The average molecular weight is 408 g/mol. The van der Waals surface area contributed by atoms with Gasteiger partial charge in [-0.2, -0.15) is 0 Å². The number of rotatable bonds is 7. The van der Waals surface area contributed by atoms with Gasteiger partial charge in [0.1, 0.15) is 6.54 Å². The Hall–Kier alpha value is -2.96. The average Bonchev–Trinajstić information content (AvgIpc) is 3.18. The van der Waals surface area contributed by atoms with Crippen molar-refractivity contribution >= 4 is 23.4 Å². The van der Waals surface area contributed by atoms with E-state index in [-0.39, 0.29) is 12.7 Å². The number of nitrogens with one attached hydrogen (secondary N) is 2. The van der Waals surface area contributed by atoms with Crippen LogP contribution in [0.2, 0.25) is 0 Å². The fourth-order valence-electron chi connectivity index (χ4n) is 3.20. The minimum Gasteiger partial charge on any atom is -0.454 e. The third-order valence-electron chi connectivity index (χ3n) is 4.54. The third kappa shape index (κ3) is 5.10. The van der Waals surface area contributed by atoms with Crippen LogP contribution < -0.4 is 19.7 Å². The van der Waals surface area contributed by atoms with Crippen LogP contribution in [0.25, 0.3) is 0 Å². The van der Waals surface area contributed by atoms with E-state index >= 15 is 0 Å². The standard InChI is InChI=1S/C23H22N2O3S/c1-25(14-17-11-12-20-21(13-17)28-16-27-20)15-23(26)24-19-9-5-6-10-22(19)29-18-7-3-2-4-8-18/h2-13H,14-16H2,1H3,(H,24,26)/p+1. The zero-order valence-electron chi connectivity index (χ0n) is 16.2. The second kappa shape index (κ2) is 9.03. The molecule has 29 heavy (non-hydrogen) atoms. The molecule has 0 saturated heterocycles. The molecule has 1 atom stereocenters. The Kier molecular flexibility index (Phi) is 6.03. The van der Waals surface area contributed by atoms with E-state index < -0.39 is 0 Å². The lowest BCUT2D eigenvalue weighted by Gasteiger charge is -2.15. The molecule has 0 saturated carbocycles. The van der Waals surface area contributed by atoms with Crippen LogP contribution in [0, 0.1) is 0 Å². The summed E-state index contributed by atoms with van der Waals surface area (Å²) in [6, 6.07) is 23.9. The molecule has 5 nitrogen and oxygen atoms in total. The summed E-state index contributed by atoms with van der Waals surface area (Å²) in [4.78, 5) is 15.9. The Labute approximate surface area is 174 Å². The van der Waals surface area contributed by atoms with Crippen molar-refractivity contribution in [1.29, 1.82) is 0 Å². The largest absolute Gasteiger partial charge is 0.454 e. The van der Waals surface area contributed by atoms with Crippen LogP contribution in [-0.4, -0.2) is 26.3 Å². The minimum absolute atomic E-state index is 0.00986. The molecule has 0 fully saturated rings. The second-order valence-corrected chi connectivity index (χ2v) is 8.07. The van der Waals surface area contributed by atoms with E-state index in [0.717, 1.165) is 44.0 Å². The Balaban J connectivity index is 1.36. The molecule has 0 bridgehead atoms. The van der Waals surface area contributed by atoms with Gasteiger partial charge in [-0.05, 0) is 42.5 Å². The summed E-state index contributed by atoms with van der Waals surface area (Å²) in [7, 11) is 2.01. The molecule has 6 heteroatoms. The second-order valence-electron chi connectivity index (χ2n) is 6.96. The summed E-state index contributed by atoms with van der Waals surface area (Å²) in [6.07, 6.45) is 0. The highest BCUT2D eigenvalue weighted by atomic mass is 32.2. The van der Waals surface area contributed by atoms with Crippen LogP contribution in [0.4, 0.5) is 5.69 Å². The number of quaternary nitrogens is 1. The third-order valence-corrected chi connectivity index (χ3v) is 5.62. The van der Waals surface area contributed by atoms with Gasteiger partial charge in [-0.25, -0.2) is 0 Å². The lowest BCUT2D eigenvalue weighted by molar-refractivity contribution is -0.885. The molecule has 4 rings (SSSR count). The molecule has 1 aliphatic heterocycles. The van der Waals surface area contributed by atoms with Crippen molar-refractivity contribution in [1.82, 2.24) is 0 Å². The highest BCUT2D eigenvalue weighted by Gasteiger charge is 2.17. The number of likely N-dealkylation sites (N-methyl/N-ethyl adjacent to an activating group) is 1. The summed E-state index contributed by atoms with van der Waals surface area (Å²) in [5.41, 5.74) is 1.95. The minimum atomic E-state index is -0.00986. The van der Waals surface area contributed by atoms with Gasteiger partial charge in [-0.1, -0.05) is 42.1 Å². The zero-order valence-corrected chi connectivity index (χ0v) is 17.0. The first kappa shape index (κ1) is 19.4. The normalized spacial score (nSPS) is 13.1. The van der Waals surface area contributed by atoms with Crippen molar-refractivity contribution in [2.45, 2.75) is 16.3 Å². The van der Waals surface area contributed by atoms with Crippen molar-refractivity contribution in [3.63, 3.8) is 0 Å². The number of carbonyl (C=O) groups is 1. The van der Waals surface area contributed by atoms with Crippen molar-refractivity contribution in [2.75, 3.05) is 25.7 Å². The quantitative estimate of drug-likeness (QED) is 0.632. The van der Waals surface area contributed by atoms with E-state index in [2.05, 4.69) is 17.4 Å². The van der Waals surface area contributed by atoms with E-state index in [1.165, 1.54) is 0 Å². The summed E-state index contributed by atoms with van der Waals surface area (Å²) in [6.45, 7) is 1.37. The fraction of sp³-hybridized carbons (Fsp3) is 0.174. The maximum atomic E-state index is 12.6. The van der Waals surface area contributed by atoms with Crippen LogP contribution in [0.15, 0.2) is 82.6 Å². The molecule has 2 N–H and O–H groups in total. The SMILES string of the molecule is C[NH+](CC(=O)Nc1ccccc1Sc1ccccc1)Cc1ccc2c(c1)OCO2. The molecule has 148 valence electrons. The molecular formula is C23H23N2O3S+. The molecule has 0 spiro atoms. The summed E-state index contributed by atoms with van der Waals surface area (Å²) >= 11 is 1.64. The summed E-state index contributed by atoms with van der Waals surface area (Å²) in [5.74, 6) is 1.53. The molecule has 0 radical (unpaired) electrons. The van der Waals surface area contributed by atoms with Crippen molar-refractivity contribution in [3.05, 3.63) is 78.4 Å². The Bertz CT molecular complexity index is 994. The predicted molar refractivity (Wildman–Crippen MR) is 114 cm³/mol. The first-order chi connectivity index (χ1) is 14.2. The van der Waals surface area contributed by atoms with Crippen LogP contribution >= 0.6 is 11.8 Å². The maximum Gasteiger partial charge on any atom is 0.279 e. The van der Waals surface area contributed by atoms with Gasteiger partial charge in [0.05, 0.1) is 12.7 Å². The van der Waals surface area contributed by atoms with Crippen LogP contribution in [-0.2, 0) is 11.3 Å². The number of ether oxygens (including phenoxy) is 2. The number of hydrogen-bond acceptors (Lipinski definition) is 4. The van der Waals surface area contributed by atoms with Gasteiger partial charge in [0.15, 0.2) is 18.0 Å². The van der Waals surface area contributed by atoms with Crippen LogP contribution in [0.5, 0.6) is 11.5 Å². The topological polar surface area (TPSA) is 52.0 Å². The van der Waals surface area contributed by atoms with Crippen molar-refractivity contribution < 1.29 is 19.2 Å². The van der Waals surface area contributed by atoms with E-state index in [9.17, 15) is 4.79 Å². The molecule has 0 aromatic heterocycles. The Morgan fingerprint density at radius 3 is 2.62 bits per heavy atom. The van der Waals surface area contributed by atoms with Gasteiger partial charge < -0.3 is 19.7 Å². The lowest BCUT2D eigenvalue weighted by atomic mass is 10.2. The van der Waals surface area contributed by atoms with E-state index in [4.69, 9.17) is 9.47 Å². The smallest absolute Gasteiger partial charge is 0.279 e. The summed E-state index contributed by atoms with van der Waals surface area (Å²) < 4.78 is 10.8. The number of carbonyl (C=O) groups excluding carboxylic acids is 1. The van der Waals surface area contributed by atoms with Gasteiger partial charge >= 0.3 is 0 Å². The molecule has 1 amide bonds. The highest BCUT2D eigenvalue weighted by Crippen LogP contribution is 2.33. The number of fused-ring (bicyclic) bond motifs is 1. The van der Waals surface area contributed by atoms with Crippen LogP contribution in [0.3, 0.4) is 0 Å². The molecule has 1 unspecified atom stereocenters. The Morgan fingerprint density at radius 2 is 1.76 bits per heavy atom. The van der Waals surface area contributed by atoms with Crippen molar-refractivity contribution in [2.24, 2.45) is 0 Å². The van der Waals surface area contributed by atoms with Gasteiger partial charge in [0, 0.05) is 15.4 Å². The van der Waals surface area contributed by atoms with E-state index in [1.807, 2.05) is 67.7 Å². The number of hydrogen-bond donors (Lipinski definition) is 2. The zero-order chi connectivity index (χ0) is 20.1. The maximum absolute atomic E-state index is 12.6. The molecule has 3 aromatic carbocycles. The molecule has 0 aliphatic carbocycles. The fourth-order valence-corrected chi connectivity index (χ4v) is 4.13. The predicted octanol–water partition coefficient (Wildman–Crippen LogP) is 3.22. The van der Waals surface area contributed by atoms with Gasteiger partial charge in [-0.3, -0.25) is 4.79 Å². The van der Waals surface area contributed by atoms with Crippen LogP contribution in [0.1, 0.15) is 5.56 Å². The molecule has 1 aliphatic rings. The molecule has 3 aromatic rings. The first-order valence-electron chi connectivity index (χ1n) is 9.49. The lowest BCUT2D eigenvalue weighted by Crippen LogP contribution is -3.08.